The molecule has 0 aromatic rings. The van der Waals surface area contributed by atoms with E-state index in [-0.39, 0.29) is 19.3 Å². The Bertz CT molecular complexity index is 1930. The smallest absolute Gasteiger partial charge is 0.463 e. The predicted molar refractivity (Wildman–Crippen MR) is 353 cm³/mol. The van der Waals surface area contributed by atoms with Gasteiger partial charge in [0.05, 0.1) is 26.4 Å². The SMILES string of the molecule is CC/C=C\C/C=C\C/C=C\C/C=C\C/C=C\CCCCCCCCCCCCCC(=O)OCC(O)COP(=O)(O)OCC(O)COP(=O)(O)OCC(COC(=O)CCCCCCC/C=C\C/C=C\CCC)OC(=O)CCCCCCCCCCCCC. The van der Waals surface area contributed by atoms with Crippen molar-refractivity contribution in [2.75, 3.05) is 39.6 Å². The van der Waals surface area contributed by atoms with Crippen molar-refractivity contribution in [2.45, 2.75) is 296 Å². The molecule has 0 radical (unpaired) electrons. The Kier molecular flexibility index (Phi) is 60.5. The fraction of sp³-hybridized carbons (Fsp3) is 0.754. The first-order valence-corrected chi connectivity index (χ1v) is 36.9. The first kappa shape index (κ1) is 83.7. The van der Waals surface area contributed by atoms with Crippen molar-refractivity contribution in [3.8, 4) is 0 Å². The molecular weight excluding hydrogens is 1150 g/mol. The van der Waals surface area contributed by atoms with Crippen LogP contribution in [-0.2, 0) is 55.8 Å². The number of rotatable bonds is 64. The number of hydrogen-bond acceptors (Lipinski definition) is 14. The maximum Gasteiger partial charge on any atom is 0.472 e. The van der Waals surface area contributed by atoms with E-state index in [1.54, 1.807) is 0 Å². The third kappa shape index (κ3) is 64.1. The first-order valence-electron chi connectivity index (χ1n) is 33.9. The molecule has 0 aliphatic carbocycles. The van der Waals surface area contributed by atoms with Gasteiger partial charge in [0.1, 0.15) is 25.4 Å². The average molecular weight is 1270 g/mol. The van der Waals surface area contributed by atoms with Gasteiger partial charge in [-0.2, -0.15) is 0 Å². The van der Waals surface area contributed by atoms with E-state index in [9.17, 15) is 43.5 Å². The van der Waals surface area contributed by atoms with Gasteiger partial charge >= 0.3 is 33.6 Å². The second-order valence-electron chi connectivity index (χ2n) is 22.6. The number of carbonyl (C=O) groups excluding carboxylic acids is 3. The van der Waals surface area contributed by atoms with Gasteiger partial charge in [-0.05, 0) is 89.9 Å². The third-order valence-electron chi connectivity index (χ3n) is 14.1. The van der Waals surface area contributed by atoms with E-state index in [0.717, 1.165) is 135 Å². The van der Waals surface area contributed by atoms with Crippen LogP contribution >= 0.6 is 15.6 Å². The quantitative estimate of drug-likeness (QED) is 0.0146. The molecule has 5 unspecified atom stereocenters. The molecule has 0 amide bonds. The maximum atomic E-state index is 12.8. The highest BCUT2D eigenvalue weighted by Gasteiger charge is 2.29. The summed E-state index contributed by atoms with van der Waals surface area (Å²) in [4.78, 5) is 58.2. The zero-order valence-corrected chi connectivity index (χ0v) is 56.2. The summed E-state index contributed by atoms with van der Waals surface area (Å²) in [6.45, 7) is 2.46. The Morgan fingerprint density at radius 2 is 0.632 bits per heavy atom. The molecular formula is C69H122O16P2. The topological polar surface area (TPSA) is 231 Å². The molecule has 0 aromatic heterocycles. The molecule has 16 nitrogen and oxygen atoms in total. The molecule has 5 atom stereocenters. The zero-order valence-electron chi connectivity index (χ0n) is 54.4. The number of allylic oxidation sites excluding steroid dienone is 14. The van der Waals surface area contributed by atoms with E-state index >= 15 is 0 Å². The van der Waals surface area contributed by atoms with Crippen LogP contribution in [0.15, 0.2) is 85.1 Å². The van der Waals surface area contributed by atoms with Gasteiger partial charge < -0.3 is 34.2 Å². The van der Waals surface area contributed by atoms with E-state index in [0.29, 0.717) is 19.3 Å². The van der Waals surface area contributed by atoms with Crippen LogP contribution in [0.2, 0.25) is 0 Å². The third-order valence-corrected chi connectivity index (χ3v) is 16.0. The Balaban J connectivity index is 4.43. The summed E-state index contributed by atoms with van der Waals surface area (Å²) < 4.78 is 60.7. The summed E-state index contributed by atoms with van der Waals surface area (Å²) in [5.41, 5.74) is 0. The second-order valence-corrected chi connectivity index (χ2v) is 25.5. The van der Waals surface area contributed by atoms with Crippen LogP contribution in [-0.4, -0.2) is 95.9 Å². The van der Waals surface area contributed by atoms with E-state index in [2.05, 4.69) is 106 Å². The van der Waals surface area contributed by atoms with Gasteiger partial charge in [0.25, 0.3) is 0 Å². The highest BCUT2D eigenvalue weighted by molar-refractivity contribution is 7.47. The van der Waals surface area contributed by atoms with Crippen LogP contribution in [0, 0.1) is 0 Å². The van der Waals surface area contributed by atoms with Crippen molar-refractivity contribution < 1.29 is 75.8 Å². The molecule has 0 bridgehead atoms. The summed E-state index contributed by atoms with van der Waals surface area (Å²) in [6.07, 6.45) is 66.6. The molecule has 0 rings (SSSR count). The van der Waals surface area contributed by atoms with Crippen LogP contribution < -0.4 is 0 Å². The van der Waals surface area contributed by atoms with Crippen molar-refractivity contribution in [1.82, 2.24) is 0 Å². The number of aliphatic hydroxyl groups is 2. The number of esters is 3. The highest BCUT2D eigenvalue weighted by atomic mass is 31.2. The van der Waals surface area contributed by atoms with Crippen molar-refractivity contribution in [1.29, 1.82) is 0 Å². The molecule has 0 saturated heterocycles. The Morgan fingerprint density at radius 1 is 0.333 bits per heavy atom. The molecule has 87 heavy (non-hydrogen) atoms. The lowest BCUT2D eigenvalue weighted by atomic mass is 10.0. The van der Waals surface area contributed by atoms with Crippen LogP contribution in [0.25, 0.3) is 0 Å². The minimum absolute atomic E-state index is 0.105. The van der Waals surface area contributed by atoms with Crippen molar-refractivity contribution >= 4 is 33.6 Å². The van der Waals surface area contributed by atoms with E-state index in [1.807, 2.05) is 0 Å². The molecule has 0 saturated carbocycles. The molecule has 0 fully saturated rings. The number of hydrogen-bond donors (Lipinski definition) is 4. The van der Waals surface area contributed by atoms with Crippen LogP contribution in [0.1, 0.15) is 278 Å². The summed E-state index contributed by atoms with van der Waals surface area (Å²) in [6, 6.07) is 0. The van der Waals surface area contributed by atoms with Gasteiger partial charge in [-0.1, -0.05) is 254 Å². The number of aliphatic hydroxyl groups excluding tert-OH is 2. The van der Waals surface area contributed by atoms with Gasteiger partial charge in [0.2, 0.25) is 0 Å². The standard InChI is InChI=1S/C69H122O16P2/c1-4-7-10-13-16-19-22-24-25-26-27-28-29-30-31-32-33-34-35-36-37-39-42-43-46-49-52-55-67(72)79-58-64(70)59-81-86(75,76)82-60-65(71)61-83-87(77,78)84-63-66(85-69(74)57-54-51-48-45-40-21-18-15-12-9-6-3)62-80-68(73)56-53-50-47-44-41-38-23-20-17-14-11-8-5-2/h7,10-11,14,16,19-20,23-25,27-28,30-31,64-66,70-71H,4-6,8-9,12-13,15,17-18,21-22,26,29,32-63H2,1-3H3,(H,75,76)(H,77,78)/b10-7-,14-11-,19-16-,23-20-,25-24-,28-27-,31-30-. The van der Waals surface area contributed by atoms with Crippen LogP contribution in [0.4, 0.5) is 0 Å². The van der Waals surface area contributed by atoms with Gasteiger partial charge in [0, 0.05) is 19.3 Å². The monoisotopic (exact) mass is 1270 g/mol. The van der Waals surface area contributed by atoms with Crippen LogP contribution in [0.5, 0.6) is 0 Å². The number of ether oxygens (including phenoxy) is 3. The lowest BCUT2D eigenvalue weighted by Gasteiger charge is -2.21. The molecule has 0 aliphatic heterocycles. The predicted octanol–water partition coefficient (Wildman–Crippen LogP) is 18.5. The second kappa shape index (κ2) is 62.9. The van der Waals surface area contributed by atoms with E-state index in [4.69, 9.17) is 32.3 Å². The van der Waals surface area contributed by atoms with Crippen molar-refractivity contribution in [3.63, 3.8) is 0 Å². The first-order chi connectivity index (χ1) is 42.2. The lowest BCUT2D eigenvalue weighted by molar-refractivity contribution is -0.161. The summed E-state index contributed by atoms with van der Waals surface area (Å²) in [5, 5.41) is 20.5. The number of phosphoric ester groups is 2. The minimum atomic E-state index is -4.91. The zero-order chi connectivity index (χ0) is 63.8. The molecule has 0 spiro atoms. The Hall–Kier alpha value is -3.27. The number of carbonyl (C=O) groups is 3. The lowest BCUT2D eigenvalue weighted by Crippen LogP contribution is -2.30. The fourth-order valence-corrected chi connectivity index (χ4v) is 10.5. The summed E-state index contributed by atoms with van der Waals surface area (Å²) >= 11 is 0. The fourth-order valence-electron chi connectivity index (χ4n) is 8.93. The largest absolute Gasteiger partial charge is 0.472 e. The summed E-state index contributed by atoms with van der Waals surface area (Å²) in [7, 11) is -9.76. The molecule has 0 heterocycles. The molecule has 4 N–H and O–H groups in total. The molecule has 504 valence electrons. The average Bonchev–Trinajstić information content (AvgIpc) is 3.53. The molecule has 0 aliphatic rings. The van der Waals surface area contributed by atoms with Gasteiger partial charge in [-0.15, -0.1) is 0 Å². The minimum Gasteiger partial charge on any atom is -0.463 e. The Labute approximate surface area is 527 Å². The van der Waals surface area contributed by atoms with E-state index < -0.39 is 91.5 Å². The number of unbranched alkanes of at least 4 members (excludes halogenated alkanes) is 27. The van der Waals surface area contributed by atoms with Gasteiger partial charge in [-0.25, -0.2) is 9.13 Å². The van der Waals surface area contributed by atoms with Gasteiger partial charge in [-0.3, -0.25) is 32.5 Å². The van der Waals surface area contributed by atoms with Crippen LogP contribution in [0.3, 0.4) is 0 Å². The maximum absolute atomic E-state index is 12.8. The van der Waals surface area contributed by atoms with Gasteiger partial charge in [0.15, 0.2) is 6.10 Å². The normalized spacial score (nSPS) is 14.8. The summed E-state index contributed by atoms with van der Waals surface area (Å²) in [5.74, 6) is -1.59. The number of phosphoric acid groups is 2. The van der Waals surface area contributed by atoms with E-state index in [1.165, 1.54) is 83.5 Å². The molecule has 0 aromatic carbocycles. The van der Waals surface area contributed by atoms with Crippen molar-refractivity contribution in [3.05, 3.63) is 85.1 Å². The molecule has 18 heteroatoms. The Morgan fingerprint density at radius 3 is 1.01 bits per heavy atom. The van der Waals surface area contributed by atoms with Crippen molar-refractivity contribution in [2.24, 2.45) is 0 Å². The highest BCUT2D eigenvalue weighted by Crippen LogP contribution is 2.45.